The minimum Gasteiger partial charge on any atom is -0.381 e. The Hall–Kier alpha value is -4.38. The molecule has 5 rings (SSSR count). The van der Waals surface area contributed by atoms with Gasteiger partial charge in [-0.3, -0.25) is 5.41 Å². The van der Waals surface area contributed by atoms with Crippen molar-refractivity contribution in [2.45, 2.75) is 19.4 Å². The van der Waals surface area contributed by atoms with Crippen LogP contribution in [0, 0.1) is 18.2 Å². The Balaban J connectivity index is 1.26. The van der Waals surface area contributed by atoms with Crippen molar-refractivity contribution >= 4 is 18.1 Å². The van der Waals surface area contributed by atoms with E-state index in [0.29, 0.717) is 49.1 Å². The van der Waals surface area contributed by atoms with E-state index in [1.54, 1.807) is 31.5 Å². The van der Waals surface area contributed by atoms with Crippen LogP contribution < -0.4 is 4.90 Å². The van der Waals surface area contributed by atoms with Crippen LogP contribution in [0.3, 0.4) is 0 Å². The number of nitrogens with one attached hydrogen (secondary N) is 2. The predicted molar refractivity (Wildman–Crippen MR) is 137 cm³/mol. The molecule has 0 unspecified atom stereocenters. The number of hydrogen-bond donors (Lipinski definition) is 3. The second-order valence-corrected chi connectivity index (χ2v) is 9.03. The minimum atomic E-state index is -1.34. The number of aliphatic hydroxyl groups is 1. The van der Waals surface area contributed by atoms with Gasteiger partial charge in [-0.2, -0.15) is 0 Å². The van der Waals surface area contributed by atoms with Gasteiger partial charge < -0.3 is 24.4 Å². The van der Waals surface area contributed by atoms with Crippen molar-refractivity contribution in [3.8, 4) is 11.3 Å². The van der Waals surface area contributed by atoms with E-state index < -0.39 is 5.60 Å². The summed E-state index contributed by atoms with van der Waals surface area (Å²) in [5.41, 5.74) is 2.14. The summed E-state index contributed by atoms with van der Waals surface area (Å²) in [6.07, 6.45) is 6.09. The molecule has 3 N–H and O–H groups in total. The van der Waals surface area contributed by atoms with Crippen LogP contribution in [0.2, 0.25) is 0 Å². The summed E-state index contributed by atoms with van der Waals surface area (Å²) in [4.78, 5) is 20.7. The normalized spacial score (nSPS) is 16.1. The topological polar surface area (TPSA) is 131 Å². The van der Waals surface area contributed by atoms with Gasteiger partial charge in [-0.25, -0.2) is 19.4 Å². The number of H-pyrrole nitrogens is 1. The number of anilines is 1. The molecule has 0 aliphatic carbocycles. The number of benzene rings is 1. The van der Waals surface area contributed by atoms with Crippen molar-refractivity contribution in [3.05, 3.63) is 83.4 Å². The number of hydrogen-bond acceptors (Lipinski definition) is 7. The number of aliphatic imine (C=N–C) groups is 1. The second kappa shape index (κ2) is 9.94. The highest BCUT2D eigenvalue weighted by molar-refractivity contribution is 6.01. The molecule has 1 aliphatic rings. The molecule has 190 valence electrons. The van der Waals surface area contributed by atoms with E-state index in [0.717, 1.165) is 29.1 Å². The molecule has 10 nitrogen and oxygen atoms in total. The van der Waals surface area contributed by atoms with Crippen molar-refractivity contribution in [3.63, 3.8) is 0 Å². The van der Waals surface area contributed by atoms with Crippen LogP contribution in [-0.4, -0.2) is 68.5 Å². The zero-order valence-electron chi connectivity index (χ0n) is 20.5. The Morgan fingerprint density at radius 1 is 1.14 bits per heavy atom. The molecular formula is C26H27FN8O2. The van der Waals surface area contributed by atoms with Crippen molar-refractivity contribution in [1.82, 2.24) is 25.0 Å². The number of halogens is 1. The number of amidine groups is 1. The Morgan fingerprint density at radius 3 is 2.46 bits per heavy atom. The third-order valence-corrected chi connectivity index (χ3v) is 6.50. The molecule has 11 heteroatoms. The first-order chi connectivity index (χ1) is 17.8. The number of piperazine rings is 1. The molecule has 0 saturated carbocycles. The zero-order valence-corrected chi connectivity index (χ0v) is 20.5. The highest BCUT2D eigenvalue weighted by Crippen LogP contribution is 2.29. The summed E-state index contributed by atoms with van der Waals surface area (Å²) in [5.74, 6) is 1.61. The van der Waals surface area contributed by atoms with Crippen LogP contribution in [0.5, 0.6) is 0 Å². The van der Waals surface area contributed by atoms with Crippen molar-refractivity contribution in [2.24, 2.45) is 4.99 Å². The highest BCUT2D eigenvalue weighted by atomic mass is 19.1. The van der Waals surface area contributed by atoms with Gasteiger partial charge in [0.1, 0.15) is 29.2 Å². The maximum absolute atomic E-state index is 13.3. The van der Waals surface area contributed by atoms with Gasteiger partial charge >= 0.3 is 0 Å². The fraction of sp³-hybridized carbons (Fsp3) is 0.269. The van der Waals surface area contributed by atoms with Crippen molar-refractivity contribution in [2.75, 3.05) is 31.1 Å². The molecule has 1 fully saturated rings. The van der Waals surface area contributed by atoms with Gasteiger partial charge in [0.25, 0.3) is 0 Å². The molecule has 1 saturated heterocycles. The molecular weight excluding hydrogens is 475 g/mol. The number of aryl methyl sites for hydroxylation is 1. The van der Waals surface area contributed by atoms with E-state index in [-0.39, 0.29) is 5.82 Å². The third-order valence-electron chi connectivity index (χ3n) is 6.50. The summed E-state index contributed by atoms with van der Waals surface area (Å²) in [7, 11) is 0. The standard InChI is InChI=1S/C26H27FN8O2/c1-17-11-22(33-37-17)18-12-23(29-13-18)24(32-16-28)34-7-9-35(10-8-34)25-30-14-20(15-31-25)26(2,36)19-3-5-21(27)6-4-19/h3-6,11-16,28-29,36H,7-10H2,1-2H3/b28-16?,32-24+/t26-/m0/s1. The molecule has 4 heterocycles. The van der Waals surface area contributed by atoms with E-state index in [9.17, 15) is 9.50 Å². The molecule has 0 bridgehead atoms. The first-order valence-electron chi connectivity index (χ1n) is 11.8. The number of nitrogens with zero attached hydrogens (tertiary/aromatic N) is 6. The van der Waals surface area contributed by atoms with Gasteiger partial charge in [0.15, 0.2) is 5.84 Å². The van der Waals surface area contributed by atoms with Gasteiger partial charge in [0.05, 0.1) is 5.69 Å². The van der Waals surface area contributed by atoms with Gasteiger partial charge in [-0.1, -0.05) is 17.3 Å². The molecule has 1 aromatic carbocycles. The SMILES string of the molecule is Cc1cc(-c2c[nH]c(/C(=N\C=N)N3CCN(c4ncc([C@@](C)(O)c5ccc(F)cc5)cn4)CC3)c2)no1. The first-order valence-corrected chi connectivity index (χ1v) is 11.8. The lowest BCUT2D eigenvalue weighted by Crippen LogP contribution is -2.49. The van der Waals surface area contributed by atoms with E-state index >= 15 is 0 Å². The van der Waals surface area contributed by atoms with Crippen LogP contribution in [0.1, 0.15) is 29.5 Å². The van der Waals surface area contributed by atoms with E-state index in [2.05, 4.69) is 34.9 Å². The summed E-state index contributed by atoms with van der Waals surface area (Å²) in [5, 5.41) is 22.6. The number of rotatable bonds is 6. The quantitative estimate of drug-likeness (QED) is 0.272. The van der Waals surface area contributed by atoms with E-state index in [1.807, 2.05) is 25.3 Å². The predicted octanol–water partition coefficient (Wildman–Crippen LogP) is 3.34. The summed E-state index contributed by atoms with van der Waals surface area (Å²) in [6.45, 7) is 6.10. The highest BCUT2D eigenvalue weighted by Gasteiger charge is 2.28. The van der Waals surface area contributed by atoms with Gasteiger partial charge in [0, 0.05) is 62.0 Å². The molecule has 0 radical (unpaired) electrons. The lowest BCUT2D eigenvalue weighted by molar-refractivity contribution is 0.101. The van der Waals surface area contributed by atoms with Gasteiger partial charge in [-0.15, -0.1) is 0 Å². The smallest absolute Gasteiger partial charge is 0.225 e. The molecule has 37 heavy (non-hydrogen) atoms. The summed E-state index contributed by atoms with van der Waals surface area (Å²) >= 11 is 0. The van der Waals surface area contributed by atoms with E-state index in [1.165, 1.54) is 12.1 Å². The molecule has 1 atom stereocenters. The van der Waals surface area contributed by atoms with Crippen LogP contribution in [0.15, 0.2) is 64.5 Å². The van der Waals surface area contributed by atoms with Crippen LogP contribution in [-0.2, 0) is 5.60 Å². The molecule has 0 spiro atoms. The number of aromatic nitrogens is 4. The van der Waals surface area contributed by atoms with Gasteiger partial charge in [0.2, 0.25) is 5.95 Å². The molecule has 3 aromatic heterocycles. The monoisotopic (exact) mass is 502 g/mol. The average Bonchev–Trinajstić information content (AvgIpc) is 3.57. The van der Waals surface area contributed by atoms with E-state index in [4.69, 9.17) is 9.93 Å². The Morgan fingerprint density at radius 2 is 1.84 bits per heavy atom. The Labute approximate surface area is 213 Å². The maximum Gasteiger partial charge on any atom is 0.225 e. The Bertz CT molecular complexity index is 1400. The van der Waals surface area contributed by atoms with Crippen LogP contribution >= 0.6 is 0 Å². The Kier molecular flexibility index (Phi) is 6.53. The van der Waals surface area contributed by atoms with Gasteiger partial charge in [-0.05, 0) is 37.6 Å². The summed E-state index contributed by atoms with van der Waals surface area (Å²) < 4.78 is 18.5. The maximum atomic E-state index is 13.3. The molecule has 4 aromatic rings. The number of aromatic amines is 1. The molecule has 0 amide bonds. The minimum absolute atomic E-state index is 0.360. The third kappa shape index (κ3) is 4.98. The van der Waals surface area contributed by atoms with Crippen LogP contribution in [0.4, 0.5) is 10.3 Å². The largest absolute Gasteiger partial charge is 0.381 e. The fourth-order valence-corrected chi connectivity index (χ4v) is 4.35. The zero-order chi connectivity index (χ0) is 26.0. The lowest BCUT2D eigenvalue weighted by Gasteiger charge is -2.36. The van der Waals surface area contributed by atoms with Crippen molar-refractivity contribution in [1.29, 1.82) is 5.41 Å². The fourth-order valence-electron chi connectivity index (χ4n) is 4.35. The summed E-state index contributed by atoms with van der Waals surface area (Å²) in [6, 6.07) is 9.55. The molecule has 1 aliphatic heterocycles. The lowest BCUT2D eigenvalue weighted by atomic mass is 9.90. The van der Waals surface area contributed by atoms with Crippen LogP contribution in [0.25, 0.3) is 11.3 Å². The second-order valence-electron chi connectivity index (χ2n) is 9.03. The average molecular weight is 503 g/mol. The first kappa shape index (κ1) is 24.3. The van der Waals surface area contributed by atoms with Crippen molar-refractivity contribution < 1.29 is 14.0 Å².